The molecule has 118 valence electrons. The first-order chi connectivity index (χ1) is 11.1. The summed E-state index contributed by atoms with van der Waals surface area (Å²) in [4.78, 5) is 26.2. The van der Waals surface area contributed by atoms with Gasteiger partial charge in [-0.25, -0.2) is 0 Å². The van der Waals surface area contributed by atoms with Crippen molar-refractivity contribution >= 4 is 46.4 Å². The van der Waals surface area contributed by atoms with E-state index >= 15 is 0 Å². The van der Waals surface area contributed by atoms with Gasteiger partial charge in [-0.05, 0) is 24.3 Å². The number of benzene rings is 2. The van der Waals surface area contributed by atoms with Gasteiger partial charge in [0.2, 0.25) is 11.8 Å². The lowest BCUT2D eigenvalue weighted by Gasteiger charge is -2.18. The Morgan fingerprint density at radius 2 is 1.70 bits per heavy atom. The van der Waals surface area contributed by atoms with Crippen molar-refractivity contribution < 1.29 is 9.59 Å². The van der Waals surface area contributed by atoms with Gasteiger partial charge >= 0.3 is 0 Å². The van der Waals surface area contributed by atoms with Crippen LogP contribution in [-0.4, -0.2) is 18.4 Å². The molecular weight excluding hydrogens is 335 g/mol. The number of hydrogen-bond acceptors (Lipinski definition) is 2. The maximum atomic E-state index is 12.4. The molecule has 1 aliphatic heterocycles. The third-order valence-electron chi connectivity index (χ3n) is 3.77. The molecule has 6 heteroatoms. The zero-order chi connectivity index (χ0) is 16.4. The number of hydrogen-bond donors (Lipinski definition) is 1. The number of nitrogens with one attached hydrogen (secondary N) is 1. The average molecular weight is 349 g/mol. The predicted molar refractivity (Wildman–Crippen MR) is 92.0 cm³/mol. The fourth-order valence-electron chi connectivity index (χ4n) is 2.58. The third kappa shape index (κ3) is 3.33. The number of anilines is 2. The highest BCUT2D eigenvalue weighted by molar-refractivity contribution is 6.34. The van der Waals surface area contributed by atoms with Crippen molar-refractivity contribution in [2.24, 2.45) is 5.92 Å². The van der Waals surface area contributed by atoms with Crippen LogP contribution < -0.4 is 10.2 Å². The quantitative estimate of drug-likeness (QED) is 0.911. The number of amides is 2. The summed E-state index contributed by atoms with van der Waals surface area (Å²) < 4.78 is 0. The normalized spacial score (nSPS) is 17.4. The van der Waals surface area contributed by atoms with E-state index in [1.807, 2.05) is 6.07 Å². The largest absolute Gasteiger partial charge is 0.324 e. The Hall–Kier alpha value is -2.04. The Balaban J connectivity index is 1.74. The molecule has 0 spiro atoms. The molecule has 1 aliphatic rings. The van der Waals surface area contributed by atoms with Crippen molar-refractivity contribution in [3.8, 4) is 0 Å². The van der Waals surface area contributed by atoms with Crippen LogP contribution in [0.25, 0.3) is 0 Å². The van der Waals surface area contributed by atoms with E-state index < -0.39 is 5.92 Å². The second-order valence-electron chi connectivity index (χ2n) is 5.33. The van der Waals surface area contributed by atoms with Crippen molar-refractivity contribution in [1.29, 1.82) is 0 Å². The molecule has 1 N–H and O–H groups in total. The molecule has 2 aromatic rings. The molecule has 1 atom stereocenters. The first-order valence-electron chi connectivity index (χ1n) is 7.16. The van der Waals surface area contributed by atoms with Crippen LogP contribution in [0, 0.1) is 5.92 Å². The molecule has 23 heavy (non-hydrogen) atoms. The molecule has 2 amide bonds. The zero-order valence-electron chi connectivity index (χ0n) is 12.1. The van der Waals surface area contributed by atoms with Crippen LogP contribution in [0.1, 0.15) is 6.42 Å². The maximum absolute atomic E-state index is 12.4. The Morgan fingerprint density at radius 3 is 2.39 bits per heavy atom. The van der Waals surface area contributed by atoms with Gasteiger partial charge in [0.1, 0.15) is 0 Å². The van der Waals surface area contributed by atoms with Gasteiger partial charge in [-0.3, -0.25) is 9.59 Å². The molecule has 0 bridgehead atoms. The minimum atomic E-state index is -0.435. The van der Waals surface area contributed by atoms with Gasteiger partial charge in [-0.15, -0.1) is 0 Å². The molecule has 1 saturated heterocycles. The van der Waals surface area contributed by atoms with Crippen LogP contribution >= 0.6 is 23.2 Å². The van der Waals surface area contributed by atoms with Gasteiger partial charge in [0.05, 0.1) is 27.3 Å². The molecule has 0 radical (unpaired) electrons. The smallest absolute Gasteiger partial charge is 0.229 e. The van der Waals surface area contributed by atoms with Gasteiger partial charge in [0.25, 0.3) is 0 Å². The molecule has 3 rings (SSSR count). The lowest BCUT2D eigenvalue weighted by Crippen LogP contribution is -2.28. The summed E-state index contributed by atoms with van der Waals surface area (Å²) in [6, 6.07) is 14.1. The lowest BCUT2D eigenvalue weighted by molar-refractivity contribution is -0.122. The maximum Gasteiger partial charge on any atom is 0.229 e. The van der Waals surface area contributed by atoms with Crippen molar-refractivity contribution in [3.63, 3.8) is 0 Å². The van der Waals surface area contributed by atoms with Crippen molar-refractivity contribution in [2.75, 3.05) is 16.8 Å². The van der Waals surface area contributed by atoms with Crippen LogP contribution in [0.3, 0.4) is 0 Å². The number of carbonyl (C=O) groups is 2. The highest BCUT2D eigenvalue weighted by atomic mass is 35.5. The monoisotopic (exact) mass is 348 g/mol. The first kappa shape index (κ1) is 15.8. The SMILES string of the molecule is O=C(Nc1ccccc1Cl)[C@@H]1CC(=O)N(c2ccccc2Cl)C1. The van der Waals surface area contributed by atoms with E-state index in [1.54, 1.807) is 47.4 Å². The molecule has 1 fully saturated rings. The van der Waals surface area contributed by atoms with Crippen molar-refractivity contribution in [3.05, 3.63) is 58.6 Å². The third-order valence-corrected chi connectivity index (χ3v) is 4.42. The Labute approximate surface area is 144 Å². The summed E-state index contributed by atoms with van der Waals surface area (Å²) >= 11 is 12.2. The lowest BCUT2D eigenvalue weighted by atomic mass is 10.1. The molecule has 2 aromatic carbocycles. The zero-order valence-corrected chi connectivity index (χ0v) is 13.6. The number of carbonyl (C=O) groups excluding carboxylic acids is 2. The van der Waals surface area contributed by atoms with E-state index in [0.29, 0.717) is 28.0 Å². The molecular formula is C17H14Cl2N2O2. The second kappa shape index (κ2) is 6.60. The second-order valence-corrected chi connectivity index (χ2v) is 6.14. The minimum Gasteiger partial charge on any atom is -0.324 e. The number of rotatable bonds is 3. The van der Waals surface area contributed by atoms with Gasteiger partial charge < -0.3 is 10.2 Å². The van der Waals surface area contributed by atoms with E-state index in [1.165, 1.54) is 0 Å². The van der Waals surface area contributed by atoms with E-state index in [4.69, 9.17) is 23.2 Å². The summed E-state index contributed by atoms with van der Waals surface area (Å²) in [5, 5.41) is 3.74. The molecule has 0 aromatic heterocycles. The summed E-state index contributed by atoms with van der Waals surface area (Å²) in [6.07, 6.45) is 0.154. The Kier molecular flexibility index (Phi) is 4.55. The minimum absolute atomic E-state index is 0.114. The molecule has 1 heterocycles. The Bertz CT molecular complexity index is 764. The van der Waals surface area contributed by atoms with Gasteiger partial charge in [0, 0.05) is 13.0 Å². The van der Waals surface area contributed by atoms with Crippen LogP contribution in [0.5, 0.6) is 0 Å². The number of para-hydroxylation sites is 2. The van der Waals surface area contributed by atoms with E-state index in [-0.39, 0.29) is 18.2 Å². The van der Waals surface area contributed by atoms with Gasteiger partial charge in [-0.1, -0.05) is 47.5 Å². The highest BCUT2D eigenvalue weighted by Crippen LogP contribution is 2.31. The standard InChI is InChI=1S/C17H14Cl2N2O2/c18-12-5-1-3-7-14(12)20-17(23)11-9-16(22)21(10-11)15-8-4-2-6-13(15)19/h1-8,11H,9-10H2,(H,20,23)/t11-/m1/s1. The topological polar surface area (TPSA) is 49.4 Å². The fourth-order valence-corrected chi connectivity index (χ4v) is 3.00. The van der Waals surface area contributed by atoms with E-state index in [2.05, 4.69) is 5.32 Å². The fraction of sp³-hybridized carbons (Fsp3) is 0.176. The van der Waals surface area contributed by atoms with Crippen molar-refractivity contribution in [1.82, 2.24) is 0 Å². The molecule has 0 saturated carbocycles. The Morgan fingerprint density at radius 1 is 1.04 bits per heavy atom. The summed E-state index contributed by atoms with van der Waals surface area (Å²) in [5.74, 6) is -0.770. The van der Waals surface area contributed by atoms with Crippen LogP contribution in [-0.2, 0) is 9.59 Å². The highest BCUT2D eigenvalue weighted by Gasteiger charge is 2.36. The van der Waals surface area contributed by atoms with E-state index in [9.17, 15) is 9.59 Å². The van der Waals surface area contributed by atoms with Crippen LogP contribution in [0.4, 0.5) is 11.4 Å². The first-order valence-corrected chi connectivity index (χ1v) is 7.92. The van der Waals surface area contributed by atoms with E-state index in [0.717, 1.165) is 0 Å². The van der Waals surface area contributed by atoms with Crippen LogP contribution in [0.2, 0.25) is 10.0 Å². The summed E-state index contributed by atoms with van der Waals surface area (Å²) in [7, 11) is 0. The van der Waals surface area contributed by atoms with Crippen molar-refractivity contribution in [2.45, 2.75) is 6.42 Å². The van der Waals surface area contributed by atoms with Gasteiger partial charge in [0.15, 0.2) is 0 Å². The van der Waals surface area contributed by atoms with Gasteiger partial charge in [-0.2, -0.15) is 0 Å². The van der Waals surface area contributed by atoms with Crippen LogP contribution in [0.15, 0.2) is 48.5 Å². The molecule has 0 unspecified atom stereocenters. The molecule has 4 nitrogen and oxygen atoms in total. The number of nitrogens with zero attached hydrogens (tertiary/aromatic N) is 1. The molecule has 0 aliphatic carbocycles. The number of halogens is 2. The summed E-state index contributed by atoms with van der Waals surface area (Å²) in [6.45, 7) is 0.304. The predicted octanol–water partition coefficient (Wildman–Crippen LogP) is 3.99. The summed E-state index contributed by atoms with van der Waals surface area (Å²) in [5.41, 5.74) is 1.18. The average Bonchev–Trinajstić information content (AvgIpc) is 2.92.